The minimum Gasteiger partial charge on any atom is -0.339 e. The molecule has 2 bridgehead atoms. The fraction of sp³-hybridized carbons (Fsp3) is 0.913. The molecule has 2 N–H and O–H groups in total. The van der Waals surface area contributed by atoms with E-state index in [1.165, 1.54) is 51.4 Å². The molecule has 5 heteroatoms. The zero-order valence-electron chi connectivity index (χ0n) is 17.5. The number of hydrogen-bond donors (Lipinski definition) is 1. The number of carbonyl (C=O) groups is 2. The van der Waals surface area contributed by atoms with Crippen LogP contribution in [0, 0.1) is 23.7 Å². The number of rotatable bonds is 4. The predicted molar refractivity (Wildman–Crippen MR) is 110 cm³/mol. The van der Waals surface area contributed by atoms with Crippen LogP contribution in [0.3, 0.4) is 0 Å². The molecule has 2 atom stereocenters. The zero-order chi connectivity index (χ0) is 19.5. The van der Waals surface area contributed by atoms with Crippen LogP contribution in [0.4, 0.5) is 0 Å². The smallest absolute Gasteiger partial charge is 0.225 e. The van der Waals surface area contributed by atoms with Crippen LogP contribution in [0.25, 0.3) is 0 Å². The molecule has 5 nitrogen and oxygen atoms in total. The van der Waals surface area contributed by atoms with Crippen molar-refractivity contribution in [2.45, 2.75) is 83.1 Å². The normalized spacial score (nSPS) is 34.3. The van der Waals surface area contributed by atoms with E-state index in [1.54, 1.807) is 0 Å². The zero-order valence-corrected chi connectivity index (χ0v) is 17.5. The minimum absolute atomic E-state index is 0.170. The summed E-state index contributed by atoms with van der Waals surface area (Å²) in [5.41, 5.74) is 6.39. The van der Waals surface area contributed by atoms with E-state index < -0.39 is 0 Å². The Morgan fingerprint density at radius 2 is 1.39 bits per heavy atom. The largest absolute Gasteiger partial charge is 0.339 e. The molecule has 1 aliphatic heterocycles. The summed E-state index contributed by atoms with van der Waals surface area (Å²) in [6.45, 7) is 2.86. The molecule has 2 unspecified atom stereocenters. The molecule has 4 aliphatic rings. The van der Waals surface area contributed by atoms with E-state index in [-0.39, 0.29) is 5.92 Å². The van der Waals surface area contributed by atoms with E-state index in [4.69, 9.17) is 5.73 Å². The Hall–Kier alpha value is -1.10. The third-order valence-electron chi connectivity index (χ3n) is 8.20. The first-order valence-electron chi connectivity index (χ1n) is 11.9. The Bertz CT molecular complexity index is 538. The quantitative estimate of drug-likeness (QED) is 0.803. The summed E-state index contributed by atoms with van der Waals surface area (Å²) in [5.74, 6) is 2.66. The van der Waals surface area contributed by atoms with Gasteiger partial charge in [0.25, 0.3) is 0 Å². The van der Waals surface area contributed by atoms with Gasteiger partial charge in [0.1, 0.15) is 0 Å². The summed E-state index contributed by atoms with van der Waals surface area (Å²) >= 11 is 0. The van der Waals surface area contributed by atoms with Gasteiger partial charge in [-0.1, -0.05) is 38.5 Å². The highest BCUT2D eigenvalue weighted by Crippen LogP contribution is 2.42. The number of nitrogens with zero attached hydrogens (tertiary/aromatic N) is 2. The summed E-state index contributed by atoms with van der Waals surface area (Å²) in [6.07, 6.45) is 14.1. The molecule has 3 saturated carbocycles. The molecule has 28 heavy (non-hydrogen) atoms. The maximum absolute atomic E-state index is 13.1. The first kappa shape index (κ1) is 20.2. The van der Waals surface area contributed by atoms with Crippen molar-refractivity contribution in [3.8, 4) is 0 Å². The first-order valence-corrected chi connectivity index (χ1v) is 11.9. The van der Waals surface area contributed by atoms with Crippen molar-refractivity contribution in [2.24, 2.45) is 29.4 Å². The number of amides is 2. The maximum atomic E-state index is 13.1. The van der Waals surface area contributed by atoms with Crippen LogP contribution >= 0.6 is 0 Å². The molecule has 0 radical (unpaired) electrons. The van der Waals surface area contributed by atoms with E-state index in [1.807, 2.05) is 9.80 Å². The highest BCUT2D eigenvalue weighted by Gasteiger charge is 2.42. The fourth-order valence-corrected chi connectivity index (χ4v) is 6.39. The van der Waals surface area contributed by atoms with Gasteiger partial charge in [-0.15, -0.1) is 0 Å². The topological polar surface area (TPSA) is 66.6 Å². The molecular formula is C23H39N3O2. The second kappa shape index (κ2) is 9.15. The van der Waals surface area contributed by atoms with E-state index in [2.05, 4.69) is 0 Å². The van der Waals surface area contributed by atoms with Gasteiger partial charge in [-0.2, -0.15) is 0 Å². The molecule has 4 rings (SSSR count). The summed E-state index contributed by atoms with van der Waals surface area (Å²) in [5, 5.41) is 0. The van der Waals surface area contributed by atoms with Gasteiger partial charge in [0.05, 0.1) is 0 Å². The molecule has 3 aliphatic carbocycles. The van der Waals surface area contributed by atoms with Gasteiger partial charge in [-0.05, 0) is 49.9 Å². The lowest BCUT2D eigenvalue weighted by Crippen LogP contribution is -2.54. The Labute approximate surface area is 170 Å². The Balaban J connectivity index is 1.21. The number of fused-ring (bicyclic) bond motifs is 2. The SMILES string of the molecule is NC1C2CCCC1CC(C(=O)N1CCN(C(=O)CCC3CCCCC3)CC1)C2. The van der Waals surface area contributed by atoms with E-state index >= 15 is 0 Å². The minimum atomic E-state index is 0.170. The Kier molecular flexibility index (Phi) is 6.59. The monoisotopic (exact) mass is 389 g/mol. The molecule has 2 amide bonds. The summed E-state index contributed by atoms with van der Waals surface area (Å²) < 4.78 is 0. The molecule has 1 saturated heterocycles. The molecule has 158 valence electrons. The van der Waals surface area contributed by atoms with Gasteiger partial charge in [-0.3, -0.25) is 9.59 Å². The molecule has 0 aromatic carbocycles. The highest BCUT2D eigenvalue weighted by molar-refractivity contribution is 5.80. The van der Waals surface area contributed by atoms with Gasteiger partial charge >= 0.3 is 0 Å². The summed E-state index contributed by atoms with van der Waals surface area (Å²) in [6, 6.07) is 0.316. The number of hydrogen-bond acceptors (Lipinski definition) is 3. The molecule has 0 spiro atoms. The average Bonchev–Trinajstić information content (AvgIpc) is 2.72. The second-order valence-electron chi connectivity index (χ2n) is 9.95. The van der Waals surface area contributed by atoms with Crippen molar-refractivity contribution in [3.05, 3.63) is 0 Å². The van der Waals surface area contributed by atoms with Crippen molar-refractivity contribution in [3.63, 3.8) is 0 Å². The van der Waals surface area contributed by atoms with Crippen LogP contribution in [0.2, 0.25) is 0 Å². The predicted octanol–water partition coefficient (Wildman–Crippen LogP) is 3.17. The average molecular weight is 390 g/mol. The Morgan fingerprint density at radius 3 is 2.04 bits per heavy atom. The van der Waals surface area contributed by atoms with Gasteiger partial charge in [0.15, 0.2) is 0 Å². The maximum Gasteiger partial charge on any atom is 0.225 e. The van der Waals surface area contributed by atoms with E-state index in [0.717, 1.165) is 25.2 Å². The first-order chi connectivity index (χ1) is 13.6. The van der Waals surface area contributed by atoms with Crippen LogP contribution in [-0.2, 0) is 9.59 Å². The van der Waals surface area contributed by atoms with Crippen LogP contribution in [0.15, 0.2) is 0 Å². The number of carbonyl (C=O) groups excluding carboxylic acids is 2. The lowest BCUT2D eigenvalue weighted by Gasteiger charge is -2.45. The number of piperazine rings is 1. The third kappa shape index (κ3) is 4.55. The second-order valence-corrected chi connectivity index (χ2v) is 9.95. The Morgan fingerprint density at radius 1 is 0.786 bits per heavy atom. The van der Waals surface area contributed by atoms with Gasteiger partial charge < -0.3 is 15.5 Å². The molecular weight excluding hydrogens is 350 g/mol. The third-order valence-corrected chi connectivity index (χ3v) is 8.20. The van der Waals surface area contributed by atoms with Gasteiger partial charge in [-0.25, -0.2) is 0 Å². The standard InChI is InChI=1S/C23H39N3O2/c24-22-18-7-4-8-19(22)16-20(15-18)23(28)26-13-11-25(12-14-26)21(27)10-9-17-5-2-1-3-6-17/h17-20,22H,1-16,24H2. The lowest BCUT2D eigenvalue weighted by atomic mass is 9.65. The van der Waals surface area contributed by atoms with E-state index in [0.29, 0.717) is 62.3 Å². The molecule has 0 aromatic heterocycles. The highest BCUT2D eigenvalue weighted by atomic mass is 16.2. The van der Waals surface area contributed by atoms with Crippen LogP contribution in [-0.4, -0.2) is 53.8 Å². The fourth-order valence-electron chi connectivity index (χ4n) is 6.39. The molecule has 4 fully saturated rings. The van der Waals surface area contributed by atoms with Crippen molar-refractivity contribution in [2.75, 3.05) is 26.2 Å². The van der Waals surface area contributed by atoms with Crippen LogP contribution in [0.1, 0.15) is 77.0 Å². The summed E-state index contributed by atoms with van der Waals surface area (Å²) in [4.78, 5) is 29.7. The molecule has 0 aromatic rings. The van der Waals surface area contributed by atoms with Crippen molar-refractivity contribution in [1.82, 2.24) is 9.80 Å². The van der Waals surface area contributed by atoms with Crippen LogP contribution in [0.5, 0.6) is 0 Å². The van der Waals surface area contributed by atoms with Crippen molar-refractivity contribution in [1.29, 1.82) is 0 Å². The van der Waals surface area contributed by atoms with Gasteiger partial charge in [0, 0.05) is 44.6 Å². The van der Waals surface area contributed by atoms with Crippen molar-refractivity contribution >= 4 is 11.8 Å². The summed E-state index contributed by atoms with van der Waals surface area (Å²) in [7, 11) is 0. The molecule has 1 heterocycles. The van der Waals surface area contributed by atoms with Crippen LogP contribution < -0.4 is 5.73 Å². The number of nitrogens with two attached hydrogens (primary N) is 1. The lowest BCUT2D eigenvalue weighted by molar-refractivity contribution is -0.144. The van der Waals surface area contributed by atoms with Crippen molar-refractivity contribution < 1.29 is 9.59 Å². The van der Waals surface area contributed by atoms with Gasteiger partial charge in [0.2, 0.25) is 11.8 Å². The van der Waals surface area contributed by atoms with E-state index in [9.17, 15) is 9.59 Å².